The summed E-state index contributed by atoms with van der Waals surface area (Å²) in [6, 6.07) is 0. The van der Waals surface area contributed by atoms with Crippen LogP contribution < -0.4 is 0 Å². The van der Waals surface area contributed by atoms with Crippen molar-refractivity contribution in [1.29, 1.82) is 0 Å². The number of carboxylic acids is 1. The van der Waals surface area contributed by atoms with Crippen molar-refractivity contribution in [1.82, 2.24) is 0 Å². The Balaban J connectivity index is 3.09. The van der Waals surface area contributed by atoms with Crippen LogP contribution in [0.4, 0.5) is 0 Å². The van der Waals surface area contributed by atoms with Crippen molar-refractivity contribution in [2.45, 2.75) is 20.0 Å². The molecule has 0 aliphatic rings. The van der Waals surface area contributed by atoms with Crippen molar-refractivity contribution in [2.75, 3.05) is 33.0 Å². The molecule has 14 heavy (non-hydrogen) atoms. The number of hydrogen-bond acceptors (Lipinski definition) is 4. The second-order valence-corrected chi connectivity index (χ2v) is 2.66. The third-order valence-electron chi connectivity index (χ3n) is 1.52. The lowest BCUT2D eigenvalue weighted by Crippen LogP contribution is -2.22. The molecule has 84 valence electrons. The van der Waals surface area contributed by atoms with Gasteiger partial charge in [0.2, 0.25) is 0 Å². The Bertz CT molecular complexity index is 148. The third kappa shape index (κ3) is 7.97. The lowest BCUT2D eigenvalue weighted by Gasteiger charge is -2.08. The number of carbonyl (C=O) groups is 1. The molecule has 0 heterocycles. The Morgan fingerprint density at radius 1 is 1.21 bits per heavy atom. The monoisotopic (exact) mass is 206 g/mol. The summed E-state index contributed by atoms with van der Waals surface area (Å²) >= 11 is 0. The zero-order valence-corrected chi connectivity index (χ0v) is 8.69. The molecule has 0 fully saturated rings. The van der Waals surface area contributed by atoms with E-state index in [0.29, 0.717) is 33.0 Å². The topological polar surface area (TPSA) is 65.0 Å². The van der Waals surface area contributed by atoms with Gasteiger partial charge < -0.3 is 19.3 Å². The van der Waals surface area contributed by atoms with Crippen molar-refractivity contribution < 1.29 is 24.1 Å². The van der Waals surface area contributed by atoms with E-state index in [1.165, 1.54) is 6.92 Å². The molecule has 0 saturated heterocycles. The van der Waals surface area contributed by atoms with Gasteiger partial charge in [-0.05, 0) is 13.8 Å². The fourth-order valence-electron chi connectivity index (χ4n) is 0.719. The van der Waals surface area contributed by atoms with Gasteiger partial charge in [0.15, 0.2) is 6.10 Å². The molecule has 0 bridgehead atoms. The highest BCUT2D eigenvalue weighted by molar-refractivity contribution is 5.71. The molecule has 5 heteroatoms. The summed E-state index contributed by atoms with van der Waals surface area (Å²) < 4.78 is 15.1. The fourth-order valence-corrected chi connectivity index (χ4v) is 0.719. The second-order valence-electron chi connectivity index (χ2n) is 2.66. The summed E-state index contributed by atoms with van der Waals surface area (Å²) in [4.78, 5) is 10.3. The van der Waals surface area contributed by atoms with Crippen LogP contribution in [0, 0.1) is 0 Å². The molecule has 0 spiro atoms. The molecule has 0 aromatic heterocycles. The number of carboxylic acid groups (broad SMARTS) is 1. The molecule has 0 aromatic carbocycles. The summed E-state index contributed by atoms with van der Waals surface area (Å²) in [5, 5.41) is 8.47. The van der Waals surface area contributed by atoms with Crippen LogP contribution in [0.3, 0.4) is 0 Å². The maximum absolute atomic E-state index is 10.3. The predicted molar refractivity (Wildman–Crippen MR) is 50.4 cm³/mol. The van der Waals surface area contributed by atoms with E-state index in [1.54, 1.807) is 0 Å². The van der Waals surface area contributed by atoms with E-state index in [4.69, 9.17) is 19.3 Å². The van der Waals surface area contributed by atoms with Gasteiger partial charge in [-0.1, -0.05) is 0 Å². The maximum Gasteiger partial charge on any atom is 0.332 e. The van der Waals surface area contributed by atoms with Gasteiger partial charge in [-0.2, -0.15) is 0 Å². The SMILES string of the molecule is CCOCCOCCOC(C)C(=O)O. The molecule has 0 radical (unpaired) electrons. The molecule has 1 unspecified atom stereocenters. The Kier molecular flexibility index (Phi) is 8.51. The van der Waals surface area contributed by atoms with Crippen LogP contribution in [0.2, 0.25) is 0 Å². The van der Waals surface area contributed by atoms with Crippen LogP contribution in [0.15, 0.2) is 0 Å². The number of ether oxygens (including phenoxy) is 3. The summed E-state index contributed by atoms with van der Waals surface area (Å²) in [6.07, 6.45) is -0.773. The molecule has 1 N–H and O–H groups in total. The van der Waals surface area contributed by atoms with Crippen molar-refractivity contribution >= 4 is 5.97 Å². The molecule has 1 atom stereocenters. The molecule has 0 aliphatic heterocycles. The van der Waals surface area contributed by atoms with Crippen LogP contribution in [-0.2, 0) is 19.0 Å². The van der Waals surface area contributed by atoms with Gasteiger partial charge >= 0.3 is 5.97 Å². The van der Waals surface area contributed by atoms with Crippen LogP contribution in [-0.4, -0.2) is 50.2 Å². The van der Waals surface area contributed by atoms with Crippen LogP contribution in [0.1, 0.15) is 13.8 Å². The molecular weight excluding hydrogens is 188 g/mol. The van der Waals surface area contributed by atoms with E-state index in [-0.39, 0.29) is 0 Å². The third-order valence-corrected chi connectivity index (χ3v) is 1.52. The minimum Gasteiger partial charge on any atom is -0.479 e. The molecule has 0 saturated carbocycles. The van der Waals surface area contributed by atoms with E-state index in [9.17, 15) is 4.79 Å². The summed E-state index contributed by atoms with van der Waals surface area (Å²) in [7, 11) is 0. The Morgan fingerprint density at radius 3 is 2.36 bits per heavy atom. The zero-order chi connectivity index (χ0) is 10.8. The van der Waals surface area contributed by atoms with E-state index < -0.39 is 12.1 Å². The normalized spacial score (nSPS) is 12.7. The lowest BCUT2D eigenvalue weighted by atomic mass is 10.4. The predicted octanol–water partition coefficient (Wildman–Crippen LogP) is 0.529. The lowest BCUT2D eigenvalue weighted by molar-refractivity contribution is -0.150. The van der Waals surface area contributed by atoms with Crippen molar-refractivity contribution in [2.24, 2.45) is 0 Å². The summed E-state index contributed by atoms with van der Waals surface area (Å²) in [5.41, 5.74) is 0. The highest BCUT2D eigenvalue weighted by Crippen LogP contribution is 1.90. The highest BCUT2D eigenvalue weighted by atomic mass is 16.6. The first-order chi connectivity index (χ1) is 6.68. The highest BCUT2D eigenvalue weighted by Gasteiger charge is 2.09. The van der Waals surface area contributed by atoms with Gasteiger partial charge in [0, 0.05) is 6.61 Å². The molecule has 0 amide bonds. The second kappa shape index (κ2) is 8.93. The van der Waals surface area contributed by atoms with Crippen molar-refractivity contribution in [3.8, 4) is 0 Å². The van der Waals surface area contributed by atoms with Gasteiger partial charge in [0.05, 0.1) is 26.4 Å². The Morgan fingerprint density at radius 2 is 1.79 bits per heavy atom. The quantitative estimate of drug-likeness (QED) is 0.557. The molecule has 0 aliphatic carbocycles. The average molecular weight is 206 g/mol. The van der Waals surface area contributed by atoms with E-state index >= 15 is 0 Å². The summed E-state index contributed by atoms with van der Waals surface area (Å²) in [6.45, 7) is 5.84. The van der Waals surface area contributed by atoms with Gasteiger partial charge in [0.25, 0.3) is 0 Å². The molecular formula is C9H18O5. The first-order valence-corrected chi connectivity index (χ1v) is 4.68. The van der Waals surface area contributed by atoms with Gasteiger partial charge in [-0.15, -0.1) is 0 Å². The molecule has 5 nitrogen and oxygen atoms in total. The number of aliphatic carboxylic acids is 1. The average Bonchev–Trinajstić information content (AvgIpc) is 2.16. The van der Waals surface area contributed by atoms with Crippen molar-refractivity contribution in [3.05, 3.63) is 0 Å². The number of hydrogen-bond donors (Lipinski definition) is 1. The smallest absolute Gasteiger partial charge is 0.332 e. The van der Waals surface area contributed by atoms with Gasteiger partial charge in [-0.25, -0.2) is 4.79 Å². The van der Waals surface area contributed by atoms with Crippen LogP contribution in [0.5, 0.6) is 0 Å². The standard InChI is InChI=1S/C9H18O5/c1-3-12-4-5-13-6-7-14-8(2)9(10)11/h8H,3-7H2,1-2H3,(H,10,11). The molecule has 0 rings (SSSR count). The first-order valence-electron chi connectivity index (χ1n) is 4.68. The van der Waals surface area contributed by atoms with Crippen LogP contribution >= 0.6 is 0 Å². The Labute approximate surface area is 84.0 Å². The van der Waals surface area contributed by atoms with Gasteiger partial charge in [0.1, 0.15) is 0 Å². The largest absolute Gasteiger partial charge is 0.479 e. The van der Waals surface area contributed by atoms with E-state index in [2.05, 4.69) is 0 Å². The minimum atomic E-state index is -0.959. The Hall–Kier alpha value is -0.650. The van der Waals surface area contributed by atoms with Gasteiger partial charge in [-0.3, -0.25) is 0 Å². The van der Waals surface area contributed by atoms with Crippen LogP contribution in [0.25, 0.3) is 0 Å². The van der Waals surface area contributed by atoms with E-state index in [1.807, 2.05) is 6.92 Å². The minimum absolute atomic E-state index is 0.291. The summed E-state index contributed by atoms with van der Waals surface area (Å²) in [5.74, 6) is -0.959. The number of rotatable bonds is 9. The van der Waals surface area contributed by atoms with E-state index in [0.717, 1.165) is 0 Å². The molecule has 0 aromatic rings. The van der Waals surface area contributed by atoms with Crippen molar-refractivity contribution in [3.63, 3.8) is 0 Å². The maximum atomic E-state index is 10.3. The zero-order valence-electron chi connectivity index (χ0n) is 8.69. The first kappa shape index (κ1) is 13.4. The fraction of sp³-hybridized carbons (Fsp3) is 0.889.